The fraction of sp³-hybridized carbons (Fsp3) is 0.448. The smallest absolute Gasteiger partial charge is 0.303 e. The third-order valence-electron chi connectivity index (χ3n) is 7.65. The summed E-state index contributed by atoms with van der Waals surface area (Å²) >= 11 is 6.47. The minimum atomic E-state index is -0.843. The van der Waals surface area contributed by atoms with Crippen LogP contribution in [0.1, 0.15) is 55.8 Å². The number of aliphatic carboxylic acids is 1. The van der Waals surface area contributed by atoms with Crippen molar-refractivity contribution in [3.05, 3.63) is 70.6 Å². The summed E-state index contributed by atoms with van der Waals surface area (Å²) in [6.07, 6.45) is 5.17. The van der Waals surface area contributed by atoms with E-state index in [0.29, 0.717) is 34.7 Å². The zero-order chi connectivity index (χ0) is 26.4. The Balaban J connectivity index is 1.38. The number of likely N-dealkylation sites (tertiary alicyclic amines) is 1. The number of nitrogens with zero attached hydrogens (tertiary/aromatic N) is 2. The van der Waals surface area contributed by atoms with E-state index in [1.165, 1.54) is 12.1 Å². The highest BCUT2D eigenvalue weighted by atomic mass is 35.5. The van der Waals surface area contributed by atoms with Crippen molar-refractivity contribution >= 4 is 28.5 Å². The fourth-order valence-electron chi connectivity index (χ4n) is 5.47. The molecule has 1 aliphatic rings. The number of pyridine rings is 1. The van der Waals surface area contributed by atoms with Crippen molar-refractivity contribution in [3.8, 4) is 5.75 Å². The molecule has 6 nitrogen and oxygen atoms in total. The molecular weight excluding hydrogens is 495 g/mol. The molecule has 0 radical (unpaired) electrons. The van der Waals surface area contributed by atoms with Gasteiger partial charge >= 0.3 is 5.97 Å². The first-order chi connectivity index (χ1) is 17.8. The molecule has 1 fully saturated rings. The number of aliphatic hydroxyl groups is 1. The Bertz CT molecular complexity index is 1210. The van der Waals surface area contributed by atoms with Crippen molar-refractivity contribution in [1.82, 2.24) is 9.88 Å². The first-order valence-corrected chi connectivity index (χ1v) is 13.2. The molecule has 1 atom stereocenters. The van der Waals surface area contributed by atoms with Crippen LogP contribution in [0.25, 0.3) is 10.9 Å². The number of halogens is 2. The molecule has 0 bridgehead atoms. The number of fused-ring (bicyclic) bond motifs is 1. The number of carbonyl (C=O) groups is 1. The lowest BCUT2D eigenvalue weighted by molar-refractivity contribution is -0.141. The van der Waals surface area contributed by atoms with Gasteiger partial charge in [-0.2, -0.15) is 0 Å². The SMILES string of the molecule is COc1ccc2ncc(Cl)c(C(O)CCC3(CC(=O)O)CCN(CCCc4ccc(F)cc4)CC3)c2c1. The van der Waals surface area contributed by atoms with Crippen LogP contribution in [-0.2, 0) is 11.2 Å². The lowest BCUT2D eigenvalue weighted by Crippen LogP contribution is -2.41. The number of carboxylic acid groups (broad SMARTS) is 1. The number of hydrogen-bond donors (Lipinski definition) is 2. The first-order valence-electron chi connectivity index (χ1n) is 12.8. The van der Waals surface area contributed by atoms with Gasteiger partial charge in [0.25, 0.3) is 0 Å². The van der Waals surface area contributed by atoms with Crippen molar-refractivity contribution in [2.45, 2.75) is 51.0 Å². The number of carboxylic acids is 1. The lowest BCUT2D eigenvalue weighted by atomic mass is 9.71. The number of aryl methyl sites for hydroxylation is 1. The van der Waals surface area contributed by atoms with Crippen molar-refractivity contribution in [2.24, 2.45) is 5.41 Å². The summed E-state index contributed by atoms with van der Waals surface area (Å²) < 4.78 is 18.5. The predicted molar refractivity (Wildman–Crippen MR) is 143 cm³/mol. The highest BCUT2D eigenvalue weighted by Crippen LogP contribution is 2.43. The molecule has 0 spiro atoms. The van der Waals surface area contributed by atoms with Crippen molar-refractivity contribution in [1.29, 1.82) is 0 Å². The van der Waals surface area contributed by atoms with E-state index in [0.717, 1.165) is 56.3 Å². The number of hydrogen-bond acceptors (Lipinski definition) is 5. The van der Waals surface area contributed by atoms with Gasteiger partial charge in [-0.15, -0.1) is 0 Å². The third kappa shape index (κ3) is 6.98. The van der Waals surface area contributed by atoms with Crippen LogP contribution in [0.15, 0.2) is 48.7 Å². The average Bonchev–Trinajstić information content (AvgIpc) is 2.89. The van der Waals surface area contributed by atoms with Gasteiger partial charge in [-0.1, -0.05) is 23.7 Å². The number of aliphatic hydroxyl groups excluding tert-OH is 1. The average molecular weight is 529 g/mol. The van der Waals surface area contributed by atoms with Crippen LogP contribution in [0, 0.1) is 11.2 Å². The van der Waals surface area contributed by atoms with Gasteiger partial charge in [0, 0.05) is 17.1 Å². The van der Waals surface area contributed by atoms with E-state index in [4.69, 9.17) is 16.3 Å². The Kier molecular flexibility index (Phi) is 9.00. The molecule has 3 aromatic rings. The second kappa shape index (κ2) is 12.2. The van der Waals surface area contributed by atoms with Gasteiger partial charge in [0.15, 0.2) is 0 Å². The van der Waals surface area contributed by atoms with E-state index < -0.39 is 12.1 Å². The van der Waals surface area contributed by atoms with Gasteiger partial charge in [0.2, 0.25) is 0 Å². The summed E-state index contributed by atoms with van der Waals surface area (Å²) in [6.45, 7) is 2.56. The fourth-order valence-corrected chi connectivity index (χ4v) is 5.74. The monoisotopic (exact) mass is 528 g/mol. The van der Waals surface area contributed by atoms with Gasteiger partial charge in [-0.05, 0) is 99.5 Å². The van der Waals surface area contributed by atoms with Crippen LogP contribution < -0.4 is 4.74 Å². The summed E-state index contributed by atoms with van der Waals surface area (Å²) in [6, 6.07) is 12.1. The van der Waals surface area contributed by atoms with E-state index in [1.807, 2.05) is 30.3 Å². The van der Waals surface area contributed by atoms with Crippen LogP contribution in [0.4, 0.5) is 4.39 Å². The number of methoxy groups -OCH3 is 1. The summed E-state index contributed by atoms with van der Waals surface area (Å²) in [5, 5.41) is 22.0. The molecule has 0 aliphatic carbocycles. The number of aromatic nitrogens is 1. The van der Waals surface area contributed by atoms with Crippen LogP contribution in [-0.4, -0.2) is 52.8 Å². The number of ether oxygens (including phenoxy) is 1. The topological polar surface area (TPSA) is 82.9 Å². The minimum absolute atomic E-state index is 0.0851. The van der Waals surface area contributed by atoms with Crippen molar-refractivity contribution < 1.29 is 24.1 Å². The molecule has 2 N–H and O–H groups in total. The molecule has 1 aliphatic heterocycles. The van der Waals surface area contributed by atoms with Crippen molar-refractivity contribution in [3.63, 3.8) is 0 Å². The van der Waals surface area contributed by atoms with Gasteiger partial charge < -0.3 is 19.8 Å². The van der Waals surface area contributed by atoms with Crippen LogP contribution >= 0.6 is 11.6 Å². The maximum atomic E-state index is 13.1. The summed E-state index contributed by atoms with van der Waals surface area (Å²) in [4.78, 5) is 18.5. The van der Waals surface area contributed by atoms with Crippen LogP contribution in [0.2, 0.25) is 5.02 Å². The molecule has 1 aromatic heterocycles. The molecule has 37 heavy (non-hydrogen) atoms. The number of piperidine rings is 1. The largest absolute Gasteiger partial charge is 0.497 e. The van der Waals surface area contributed by atoms with Crippen LogP contribution in [0.3, 0.4) is 0 Å². The predicted octanol–water partition coefficient (Wildman–Crippen LogP) is 6.04. The second-order valence-corrected chi connectivity index (χ2v) is 10.5. The molecule has 4 rings (SSSR count). The number of benzene rings is 2. The Morgan fingerprint density at radius 2 is 1.95 bits per heavy atom. The van der Waals surface area contributed by atoms with Gasteiger partial charge in [0.05, 0.1) is 30.2 Å². The molecule has 0 saturated carbocycles. The van der Waals surface area contributed by atoms with E-state index in [1.54, 1.807) is 13.3 Å². The molecule has 198 valence electrons. The molecule has 2 heterocycles. The lowest BCUT2D eigenvalue weighted by Gasteiger charge is -2.41. The Hall–Kier alpha value is -2.74. The molecular formula is C29H34ClFN2O4. The van der Waals surface area contributed by atoms with Crippen molar-refractivity contribution in [2.75, 3.05) is 26.7 Å². The van der Waals surface area contributed by atoms with E-state index in [-0.39, 0.29) is 17.7 Å². The van der Waals surface area contributed by atoms with Gasteiger partial charge in [0.1, 0.15) is 11.6 Å². The molecule has 0 amide bonds. The Labute approximate surface area is 222 Å². The van der Waals surface area contributed by atoms with Gasteiger partial charge in [-0.25, -0.2) is 4.39 Å². The maximum absolute atomic E-state index is 13.1. The molecule has 1 saturated heterocycles. The Morgan fingerprint density at radius 3 is 2.62 bits per heavy atom. The highest BCUT2D eigenvalue weighted by molar-refractivity contribution is 6.32. The minimum Gasteiger partial charge on any atom is -0.497 e. The second-order valence-electron chi connectivity index (χ2n) is 10.1. The standard InChI is InChI=1S/C29H34ClFN2O4/c1-37-22-8-9-25-23(17-22)28(24(30)19-32-25)26(34)10-11-29(18-27(35)36)12-15-33(16-13-29)14-2-3-20-4-6-21(31)7-5-20/h4-9,17,19,26,34H,2-3,10-16,18H2,1H3,(H,35,36). The quantitative estimate of drug-likeness (QED) is 0.316. The van der Waals surface area contributed by atoms with E-state index >= 15 is 0 Å². The van der Waals surface area contributed by atoms with E-state index in [2.05, 4.69) is 9.88 Å². The summed E-state index contributed by atoms with van der Waals surface area (Å²) in [7, 11) is 1.58. The molecule has 2 aromatic carbocycles. The summed E-state index contributed by atoms with van der Waals surface area (Å²) in [5.74, 6) is -0.380. The normalized spacial score (nSPS) is 16.5. The Morgan fingerprint density at radius 1 is 1.22 bits per heavy atom. The molecule has 1 unspecified atom stereocenters. The summed E-state index contributed by atoms with van der Waals surface area (Å²) in [5.41, 5.74) is 2.07. The zero-order valence-corrected chi connectivity index (χ0v) is 21.9. The number of rotatable bonds is 11. The first kappa shape index (κ1) is 27.3. The maximum Gasteiger partial charge on any atom is 0.303 e. The zero-order valence-electron chi connectivity index (χ0n) is 21.1. The van der Waals surface area contributed by atoms with E-state index in [9.17, 15) is 19.4 Å². The molecule has 8 heteroatoms. The van der Waals surface area contributed by atoms with Gasteiger partial charge in [-0.3, -0.25) is 9.78 Å². The highest BCUT2D eigenvalue weighted by Gasteiger charge is 2.37. The third-order valence-corrected chi connectivity index (χ3v) is 7.95. The van der Waals surface area contributed by atoms with Crippen LogP contribution in [0.5, 0.6) is 5.75 Å².